The Morgan fingerprint density at radius 1 is 0.771 bits per heavy atom. The molecule has 5 heteroatoms. The van der Waals surface area contributed by atoms with Gasteiger partial charge in [-0.25, -0.2) is 0 Å². The van der Waals surface area contributed by atoms with Crippen LogP contribution in [0, 0.1) is 6.07 Å². The van der Waals surface area contributed by atoms with Gasteiger partial charge in [-0.05, 0) is 32.9 Å². The average Bonchev–Trinajstić information content (AvgIpc) is 3.18. The van der Waals surface area contributed by atoms with E-state index in [1.54, 1.807) is 0 Å². The SMILES string of the molecule is [2H]c1[c-]c([2H])c([2H])c([2H])c1[2H].[2H]c1c([2H])c([2H])c(Br)c([2H])c1[2H].[2H]c1c([2H])c([2H])c(C([2H])(c2c([2H])c([2H])c([2H])c([2H])c2[2H])N2C([2H])([2H])C([2H])([2H])N(C([2H])([2H])[2H])C([2H])([2H])C2([2H])[2H])c([2H])c1[2H].[Br-].[Mg+2]. The van der Waals surface area contributed by atoms with Gasteiger partial charge in [0.15, 0.2) is 0 Å². The summed E-state index contributed by atoms with van der Waals surface area (Å²) in [5.41, 5.74) is -2.84. The quantitative estimate of drug-likeness (QED) is 0.251. The third-order valence-electron chi connectivity index (χ3n) is 3.09. The molecule has 1 aliphatic heterocycles. The first-order chi connectivity index (χ1) is 29.1. The summed E-state index contributed by atoms with van der Waals surface area (Å²) in [6.07, 6.45) is 0. The molecule has 0 aromatic heterocycles. The second-order valence-corrected chi connectivity index (χ2v) is 5.95. The van der Waals surface area contributed by atoms with Crippen LogP contribution in [0.25, 0.3) is 0 Å². The van der Waals surface area contributed by atoms with Crippen molar-refractivity contribution in [2.75, 3.05) is 33.0 Å². The molecular formula is C30H32Br2MgN2. The number of nitrogens with zero attached hydrogens (tertiary/aromatic N) is 2. The van der Waals surface area contributed by atoms with Crippen molar-refractivity contribution in [3.8, 4) is 0 Å². The van der Waals surface area contributed by atoms with Crippen LogP contribution in [-0.4, -0.2) is 65.8 Å². The fourth-order valence-electron chi connectivity index (χ4n) is 1.88. The average molecular weight is 637 g/mol. The van der Waals surface area contributed by atoms with Crippen LogP contribution in [0.4, 0.5) is 0 Å². The van der Waals surface area contributed by atoms with Crippen LogP contribution >= 0.6 is 15.9 Å². The predicted molar refractivity (Wildman–Crippen MR) is 149 cm³/mol. The molecule has 0 spiro atoms. The number of rotatable bonds is 3. The summed E-state index contributed by atoms with van der Waals surface area (Å²) in [6.45, 7) is -20.5. The van der Waals surface area contributed by atoms with E-state index < -0.39 is 120 Å². The Morgan fingerprint density at radius 3 is 1.66 bits per heavy atom. The molecule has 0 aliphatic carbocycles. The number of piperazine rings is 1. The summed E-state index contributed by atoms with van der Waals surface area (Å²) in [7, 11) is 0. The maximum absolute atomic E-state index is 9.49. The number of hydrogen-bond donors (Lipinski definition) is 0. The van der Waals surface area contributed by atoms with E-state index in [1.807, 2.05) is 0 Å². The Kier molecular flexibility index (Phi) is 4.42. The van der Waals surface area contributed by atoms with Crippen LogP contribution < -0.4 is 17.0 Å². The minimum absolute atomic E-state index is 0. The van der Waals surface area contributed by atoms with Crippen molar-refractivity contribution < 1.29 is 60.8 Å². The van der Waals surface area contributed by atoms with E-state index in [4.69, 9.17) is 42.5 Å². The second kappa shape index (κ2) is 18.7. The molecule has 0 N–H and O–H groups in total. The molecule has 0 amide bonds. The van der Waals surface area contributed by atoms with E-state index in [0.29, 0.717) is 0 Å². The van der Waals surface area contributed by atoms with Crippen molar-refractivity contribution in [3.05, 3.63) is 143 Å². The normalized spacial score (nSPS) is 32.6. The minimum atomic E-state index is -4.20. The van der Waals surface area contributed by atoms with Gasteiger partial charge in [0.25, 0.3) is 0 Å². The molecule has 1 heterocycles. The zero-order chi connectivity index (χ0) is 51.1. The van der Waals surface area contributed by atoms with E-state index >= 15 is 0 Å². The third-order valence-corrected chi connectivity index (χ3v) is 3.49. The van der Waals surface area contributed by atoms with Crippen LogP contribution in [0.5, 0.6) is 0 Å². The Bertz CT molecular complexity index is 2280. The van der Waals surface area contributed by atoms with E-state index in [-0.39, 0.29) is 105 Å². The molecule has 0 radical (unpaired) electrons. The van der Waals surface area contributed by atoms with Gasteiger partial charge in [-0.2, -0.15) is 36.3 Å². The van der Waals surface area contributed by atoms with E-state index in [9.17, 15) is 1.37 Å². The minimum Gasteiger partial charge on any atom is -1.00 e. The van der Waals surface area contributed by atoms with Gasteiger partial charge in [-0.15, -0.1) is 0 Å². The van der Waals surface area contributed by atoms with E-state index in [1.165, 1.54) is 0 Å². The van der Waals surface area contributed by atoms with Crippen molar-refractivity contribution >= 4 is 39.0 Å². The monoisotopic (exact) mass is 634 g/mol. The molecule has 0 unspecified atom stereocenters. The third kappa shape index (κ3) is 11.9. The van der Waals surface area contributed by atoms with E-state index in [2.05, 4.69) is 22.0 Å². The molecule has 1 saturated heterocycles. The molecular weight excluding hydrogens is 572 g/mol. The van der Waals surface area contributed by atoms with Crippen molar-refractivity contribution in [2.24, 2.45) is 0 Å². The van der Waals surface area contributed by atoms with Crippen molar-refractivity contribution in [3.63, 3.8) is 0 Å². The first-order valence-corrected chi connectivity index (χ1v) is 9.32. The number of benzene rings is 4. The van der Waals surface area contributed by atoms with Gasteiger partial charge in [-0.1, -0.05) is 94.5 Å². The summed E-state index contributed by atoms with van der Waals surface area (Å²) < 4.78 is 254. The van der Waals surface area contributed by atoms with Crippen LogP contribution in [0.2, 0.25) is 0 Å². The first-order valence-electron chi connectivity index (χ1n) is 24.5. The molecule has 4 aromatic carbocycles. The van der Waals surface area contributed by atoms with Gasteiger partial charge in [0.05, 0.1) is 28.0 Å². The standard InChI is InChI=1S/C18H22N2.C6H5Br.C6H5.BrH.Mg/c1-19-12-14-20(15-13-19)18(16-8-4-2-5-9-16)17-10-6-3-7-11-17;7-6-4-2-1-3-5-6;1-2-4-6-5-3-1;;/h2-11,18H,12-15H2,1H3;1-5H;1-5H;1H;/q;;-1;;+2/p-1/i1D3,2D,3D,4D,5D,6D,7D,8D,9D,10D,11D,12D2,13D2,14D2,15D2,18D;2*1D,2D,3D,4D,5D;;. The summed E-state index contributed by atoms with van der Waals surface area (Å²) in [5.74, 6) is 0. The van der Waals surface area contributed by atoms with Crippen molar-refractivity contribution in [1.82, 2.24) is 9.80 Å². The number of likely N-dealkylation sites (N-methyl/N-ethyl adjacent to an activating group) is 1. The van der Waals surface area contributed by atoms with Crippen LogP contribution in [0.1, 0.15) is 61.0 Å². The molecule has 35 heavy (non-hydrogen) atoms. The Balaban J connectivity index is 0.000000728. The van der Waals surface area contributed by atoms with Gasteiger partial charge in [0.1, 0.15) is 0 Å². The summed E-state index contributed by atoms with van der Waals surface area (Å²) in [4.78, 5) is -1.34. The van der Waals surface area contributed by atoms with Gasteiger partial charge in [0, 0.05) is 49.7 Å². The van der Waals surface area contributed by atoms with Crippen molar-refractivity contribution in [1.29, 1.82) is 0 Å². The van der Waals surface area contributed by atoms with Crippen molar-refractivity contribution in [2.45, 2.75) is 6.02 Å². The van der Waals surface area contributed by atoms with Gasteiger partial charge in [-0.3, -0.25) is 4.90 Å². The zero-order valence-corrected chi connectivity index (χ0v) is 21.9. The molecule has 4 aromatic rings. The molecule has 0 atom stereocenters. The van der Waals surface area contributed by atoms with Crippen LogP contribution in [0.15, 0.2) is 125 Å². The first kappa shape index (κ1) is 8.26. The molecule has 0 bridgehead atoms. The predicted octanol–water partition coefficient (Wildman–Crippen LogP) is 3.58. The fourth-order valence-corrected chi connectivity index (χ4v) is 2.07. The largest absolute Gasteiger partial charge is 2.00 e. The fraction of sp³-hybridized carbons (Fsp3) is 0.200. The smallest absolute Gasteiger partial charge is 1.00 e. The van der Waals surface area contributed by atoms with Crippen LogP contribution in [-0.2, 0) is 0 Å². The summed E-state index contributed by atoms with van der Waals surface area (Å²) >= 11 is 2.92. The Labute approximate surface area is 291 Å². The maximum atomic E-state index is 9.49. The van der Waals surface area contributed by atoms with E-state index in [0.717, 1.165) is 0 Å². The number of halogens is 2. The summed E-state index contributed by atoms with van der Waals surface area (Å²) in [6, 6.07) is -17.1. The molecule has 178 valence electrons. The second-order valence-electron chi connectivity index (χ2n) is 5.16. The van der Waals surface area contributed by atoms with Gasteiger partial charge < -0.3 is 21.9 Å². The Morgan fingerprint density at radius 2 is 1.20 bits per heavy atom. The molecule has 1 aliphatic rings. The summed E-state index contributed by atoms with van der Waals surface area (Å²) in [5, 5.41) is 0. The number of hydrogen-bond acceptors (Lipinski definition) is 2. The maximum Gasteiger partial charge on any atom is 2.00 e. The molecule has 5 rings (SSSR count). The van der Waals surface area contributed by atoms with Gasteiger partial charge in [0.2, 0.25) is 0 Å². The Hall–Kier alpha value is -1.47. The van der Waals surface area contributed by atoms with Crippen LogP contribution in [0.3, 0.4) is 0 Å². The van der Waals surface area contributed by atoms with Gasteiger partial charge >= 0.3 is 23.1 Å². The zero-order valence-electron chi connectivity index (χ0n) is 49.4. The molecule has 1 fully saturated rings. The molecule has 2 nitrogen and oxygen atoms in total. The molecule has 0 saturated carbocycles. The topological polar surface area (TPSA) is 6.48 Å².